The van der Waals surface area contributed by atoms with E-state index in [4.69, 9.17) is 15.2 Å². The van der Waals surface area contributed by atoms with Crippen molar-refractivity contribution in [3.05, 3.63) is 22.2 Å². The Balaban J connectivity index is 2.46. The Bertz CT molecular complexity index is 555. The molecule has 1 heterocycles. The van der Waals surface area contributed by atoms with E-state index in [1.165, 1.54) is 0 Å². The molecule has 0 fully saturated rings. The molecule has 2 rings (SSSR count). The Hall–Kier alpha value is -1.56. The maximum Gasteiger partial charge on any atom is 0.161 e. The third-order valence-corrected chi connectivity index (χ3v) is 3.73. The molecule has 1 aliphatic heterocycles. The molecule has 0 radical (unpaired) electrons. The van der Waals surface area contributed by atoms with Gasteiger partial charge < -0.3 is 15.2 Å². The van der Waals surface area contributed by atoms with Crippen LogP contribution in [-0.2, 0) is 0 Å². The van der Waals surface area contributed by atoms with Gasteiger partial charge in [0.1, 0.15) is 5.84 Å². The molecule has 6 heteroatoms. The average Bonchev–Trinajstić information content (AvgIpc) is 2.41. The van der Waals surface area contributed by atoms with Gasteiger partial charge in [0.15, 0.2) is 11.5 Å². The quantitative estimate of drug-likeness (QED) is 0.928. The van der Waals surface area contributed by atoms with Crippen molar-refractivity contribution in [2.45, 2.75) is 13.3 Å². The normalized spacial score (nSPS) is 18.6. The number of amidine groups is 1. The van der Waals surface area contributed by atoms with Crippen molar-refractivity contribution in [3.63, 3.8) is 0 Å². The van der Waals surface area contributed by atoms with Gasteiger partial charge in [0.25, 0.3) is 0 Å². The van der Waals surface area contributed by atoms with Gasteiger partial charge in [-0.25, -0.2) is 0 Å². The highest BCUT2D eigenvalue weighted by Gasteiger charge is 2.20. The molecule has 1 atom stereocenters. The van der Waals surface area contributed by atoms with Crippen LogP contribution in [0.4, 0.5) is 0 Å². The summed E-state index contributed by atoms with van der Waals surface area (Å²) in [5.74, 6) is 2.09. The van der Waals surface area contributed by atoms with E-state index in [-0.39, 0.29) is 5.92 Å². The summed E-state index contributed by atoms with van der Waals surface area (Å²) >= 11 is 3.53. The Kier molecular flexibility index (Phi) is 4.09. The Morgan fingerprint density at radius 2 is 1.84 bits per heavy atom. The van der Waals surface area contributed by atoms with Crippen molar-refractivity contribution < 1.29 is 9.47 Å². The van der Waals surface area contributed by atoms with Crippen molar-refractivity contribution in [2.24, 2.45) is 21.9 Å². The zero-order valence-electron chi connectivity index (χ0n) is 11.1. The minimum Gasteiger partial charge on any atom is -0.493 e. The van der Waals surface area contributed by atoms with Crippen LogP contribution in [0.3, 0.4) is 0 Å². The van der Waals surface area contributed by atoms with Gasteiger partial charge in [-0.3, -0.25) is 0 Å². The van der Waals surface area contributed by atoms with E-state index >= 15 is 0 Å². The largest absolute Gasteiger partial charge is 0.493 e. The third-order valence-electron chi connectivity index (χ3n) is 3.07. The van der Waals surface area contributed by atoms with Crippen LogP contribution in [0.25, 0.3) is 0 Å². The lowest BCUT2D eigenvalue weighted by Gasteiger charge is -2.18. The maximum atomic E-state index is 5.74. The van der Waals surface area contributed by atoms with Crippen LogP contribution in [0.15, 0.2) is 26.8 Å². The van der Waals surface area contributed by atoms with Crippen molar-refractivity contribution in [3.8, 4) is 11.5 Å². The monoisotopic (exact) mass is 325 g/mol. The molecule has 0 aliphatic carbocycles. The molecule has 5 nitrogen and oxygen atoms in total. The molecule has 1 aliphatic rings. The first-order chi connectivity index (χ1) is 9.06. The fourth-order valence-electron chi connectivity index (χ4n) is 1.89. The van der Waals surface area contributed by atoms with E-state index in [0.29, 0.717) is 17.3 Å². The highest BCUT2D eigenvalue weighted by molar-refractivity contribution is 9.10. The molecule has 2 N–H and O–H groups in total. The second kappa shape index (κ2) is 5.61. The van der Waals surface area contributed by atoms with Gasteiger partial charge >= 0.3 is 0 Å². The third kappa shape index (κ3) is 2.73. The van der Waals surface area contributed by atoms with Crippen LogP contribution < -0.4 is 15.2 Å². The number of ether oxygens (including phenoxy) is 2. The zero-order valence-corrected chi connectivity index (χ0v) is 12.7. The molecule has 19 heavy (non-hydrogen) atoms. The standard InChI is InChI=1S/C13H16BrN3O2/c1-7-4-10(16-17-13(7)15)8-5-11(18-2)12(19-3)6-9(8)14/h5-7H,4H2,1-3H3,(H2,15,17). The van der Waals surface area contributed by atoms with Gasteiger partial charge in [-0.2, -0.15) is 5.10 Å². The fourth-order valence-corrected chi connectivity index (χ4v) is 2.44. The number of methoxy groups -OCH3 is 2. The van der Waals surface area contributed by atoms with Crippen LogP contribution >= 0.6 is 15.9 Å². The molecule has 1 aromatic rings. The summed E-state index contributed by atoms with van der Waals surface area (Å²) in [5, 5.41) is 8.17. The Labute approximate surface area is 120 Å². The summed E-state index contributed by atoms with van der Waals surface area (Å²) in [5.41, 5.74) is 7.57. The van der Waals surface area contributed by atoms with Gasteiger partial charge in [-0.1, -0.05) is 6.92 Å². The lowest BCUT2D eigenvalue weighted by molar-refractivity contribution is 0.354. The molecule has 0 saturated heterocycles. The molecule has 1 unspecified atom stereocenters. The Morgan fingerprint density at radius 3 is 2.42 bits per heavy atom. The van der Waals surface area contributed by atoms with Gasteiger partial charge in [-0.15, -0.1) is 5.10 Å². The predicted molar refractivity (Wildman–Crippen MR) is 79.2 cm³/mol. The Morgan fingerprint density at radius 1 is 1.21 bits per heavy atom. The number of benzene rings is 1. The summed E-state index contributed by atoms with van der Waals surface area (Å²) in [7, 11) is 3.21. The SMILES string of the molecule is COc1cc(Br)c(C2=NN=C(N)C(C)C2)cc1OC. The molecule has 0 spiro atoms. The molecule has 0 amide bonds. The molecule has 1 aromatic carbocycles. The minimum atomic E-state index is 0.187. The topological polar surface area (TPSA) is 69.2 Å². The lowest BCUT2D eigenvalue weighted by Crippen LogP contribution is -2.27. The van der Waals surface area contributed by atoms with Crippen LogP contribution in [0.5, 0.6) is 11.5 Å². The molecule has 0 bridgehead atoms. The average molecular weight is 326 g/mol. The highest BCUT2D eigenvalue weighted by Crippen LogP contribution is 2.34. The smallest absolute Gasteiger partial charge is 0.161 e. The summed E-state index contributed by atoms with van der Waals surface area (Å²) < 4.78 is 11.5. The number of rotatable bonds is 3. The number of hydrogen-bond acceptors (Lipinski definition) is 5. The molecule has 0 aromatic heterocycles. The van der Waals surface area contributed by atoms with Crippen molar-refractivity contribution >= 4 is 27.5 Å². The van der Waals surface area contributed by atoms with Crippen molar-refractivity contribution in [1.29, 1.82) is 0 Å². The maximum absolute atomic E-state index is 5.74. The second-order valence-electron chi connectivity index (χ2n) is 4.36. The molecule has 0 saturated carbocycles. The highest BCUT2D eigenvalue weighted by atomic mass is 79.9. The van der Waals surface area contributed by atoms with Crippen molar-refractivity contribution in [1.82, 2.24) is 0 Å². The molecular weight excluding hydrogens is 310 g/mol. The van der Waals surface area contributed by atoms with Gasteiger partial charge in [0.2, 0.25) is 0 Å². The van der Waals surface area contributed by atoms with E-state index in [1.807, 2.05) is 19.1 Å². The van der Waals surface area contributed by atoms with Crippen molar-refractivity contribution in [2.75, 3.05) is 14.2 Å². The van der Waals surface area contributed by atoms with E-state index in [2.05, 4.69) is 26.1 Å². The first-order valence-electron chi connectivity index (χ1n) is 5.88. The first-order valence-corrected chi connectivity index (χ1v) is 6.68. The van der Waals surface area contributed by atoms with E-state index in [1.54, 1.807) is 14.2 Å². The van der Waals surface area contributed by atoms with Crippen LogP contribution in [0.1, 0.15) is 18.9 Å². The van der Waals surface area contributed by atoms with E-state index in [0.717, 1.165) is 22.2 Å². The van der Waals surface area contributed by atoms with Gasteiger partial charge in [0, 0.05) is 22.4 Å². The summed E-state index contributed by atoms with van der Waals surface area (Å²) in [6, 6.07) is 3.76. The zero-order chi connectivity index (χ0) is 14.0. The molecule has 102 valence electrons. The number of nitrogens with zero attached hydrogens (tertiary/aromatic N) is 2. The van der Waals surface area contributed by atoms with Crippen LogP contribution in [-0.4, -0.2) is 25.8 Å². The second-order valence-corrected chi connectivity index (χ2v) is 5.22. The molecular formula is C13H16BrN3O2. The first kappa shape index (κ1) is 13.9. The lowest BCUT2D eigenvalue weighted by atomic mass is 9.97. The summed E-state index contributed by atoms with van der Waals surface area (Å²) in [6.07, 6.45) is 0.753. The van der Waals surface area contributed by atoms with Crippen LogP contribution in [0, 0.1) is 5.92 Å². The van der Waals surface area contributed by atoms with E-state index in [9.17, 15) is 0 Å². The summed E-state index contributed by atoms with van der Waals surface area (Å²) in [6.45, 7) is 2.03. The van der Waals surface area contributed by atoms with E-state index < -0.39 is 0 Å². The number of nitrogens with two attached hydrogens (primary N) is 1. The number of hydrogen-bond donors (Lipinski definition) is 1. The fraction of sp³-hybridized carbons (Fsp3) is 0.385. The van der Waals surface area contributed by atoms with Crippen LogP contribution in [0.2, 0.25) is 0 Å². The minimum absolute atomic E-state index is 0.187. The summed E-state index contributed by atoms with van der Waals surface area (Å²) in [4.78, 5) is 0. The van der Waals surface area contributed by atoms with Gasteiger partial charge in [0.05, 0.1) is 19.9 Å². The van der Waals surface area contributed by atoms with Gasteiger partial charge in [-0.05, 0) is 28.1 Å². The predicted octanol–water partition coefficient (Wildman–Crippen LogP) is 2.57. The number of halogens is 1.